The minimum atomic E-state index is 0.538. The topological polar surface area (TPSA) is 70.5 Å². The first-order chi connectivity index (χ1) is 12.2. The maximum atomic E-state index is 5.85. The number of nitrogens with two attached hydrogens (primary N) is 2. The summed E-state index contributed by atoms with van der Waals surface area (Å²) in [6.07, 6.45) is 0.768. The predicted molar refractivity (Wildman–Crippen MR) is 103 cm³/mol. The van der Waals surface area contributed by atoms with Crippen molar-refractivity contribution < 1.29 is 9.47 Å². The molecule has 128 valence electrons. The van der Waals surface area contributed by atoms with Gasteiger partial charge in [0.05, 0.1) is 18.9 Å². The molecule has 0 unspecified atom stereocenters. The van der Waals surface area contributed by atoms with E-state index in [1.54, 1.807) is 18.2 Å². The summed E-state index contributed by atoms with van der Waals surface area (Å²) in [7, 11) is 0. The molecular formula is C21H22N2O2. The molecule has 25 heavy (non-hydrogen) atoms. The molecule has 0 aliphatic heterocycles. The molecule has 0 atom stereocenters. The van der Waals surface area contributed by atoms with Crippen molar-refractivity contribution in [3.05, 3.63) is 72.8 Å². The van der Waals surface area contributed by atoms with Crippen LogP contribution in [-0.4, -0.2) is 13.2 Å². The molecule has 0 aliphatic carbocycles. The van der Waals surface area contributed by atoms with E-state index < -0.39 is 0 Å². The Balaban J connectivity index is 1.43. The van der Waals surface area contributed by atoms with Crippen LogP contribution in [0.15, 0.2) is 72.8 Å². The summed E-state index contributed by atoms with van der Waals surface area (Å²) in [6, 6.07) is 23.6. The van der Waals surface area contributed by atoms with Gasteiger partial charge in [0.25, 0.3) is 0 Å². The van der Waals surface area contributed by atoms with E-state index >= 15 is 0 Å². The third-order valence-electron chi connectivity index (χ3n) is 3.81. The second-order valence-corrected chi connectivity index (χ2v) is 5.74. The third kappa shape index (κ3) is 4.67. The van der Waals surface area contributed by atoms with E-state index in [4.69, 9.17) is 20.9 Å². The molecule has 0 bridgehead atoms. The molecular weight excluding hydrogens is 312 g/mol. The van der Waals surface area contributed by atoms with Crippen LogP contribution in [0.5, 0.6) is 11.5 Å². The van der Waals surface area contributed by atoms with Crippen LogP contribution in [0.2, 0.25) is 0 Å². The van der Waals surface area contributed by atoms with Crippen molar-refractivity contribution in [2.45, 2.75) is 6.42 Å². The first-order valence-electron chi connectivity index (χ1n) is 8.28. The SMILES string of the molecule is Nc1ccc(OCCCOc2ccc(-c3ccccc3)cc2)c(N)c1. The summed E-state index contributed by atoms with van der Waals surface area (Å²) < 4.78 is 11.4. The van der Waals surface area contributed by atoms with Gasteiger partial charge >= 0.3 is 0 Å². The Labute approximate surface area is 148 Å². The van der Waals surface area contributed by atoms with E-state index in [9.17, 15) is 0 Å². The lowest BCUT2D eigenvalue weighted by Gasteiger charge is -2.10. The molecule has 0 radical (unpaired) electrons. The number of anilines is 2. The highest BCUT2D eigenvalue weighted by Gasteiger charge is 2.01. The maximum absolute atomic E-state index is 5.85. The van der Waals surface area contributed by atoms with Crippen LogP contribution in [0.1, 0.15) is 6.42 Å². The molecule has 0 heterocycles. The third-order valence-corrected chi connectivity index (χ3v) is 3.81. The molecule has 3 aromatic rings. The summed E-state index contributed by atoms with van der Waals surface area (Å²) in [4.78, 5) is 0. The van der Waals surface area contributed by atoms with Gasteiger partial charge in [0.1, 0.15) is 11.5 Å². The van der Waals surface area contributed by atoms with Crippen LogP contribution >= 0.6 is 0 Å². The summed E-state index contributed by atoms with van der Waals surface area (Å²) in [6.45, 7) is 1.12. The Kier molecular flexibility index (Phi) is 5.42. The van der Waals surface area contributed by atoms with Gasteiger partial charge in [-0.25, -0.2) is 0 Å². The van der Waals surface area contributed by atoms with Gasteiger partial charge in [-0.3, -0.25) is 0 Å². The number of rotatable bonds is 7. The average molecular weight is 334 g/mol. The Morgan fingerprint density at radius 2 is 1.36 bits per heavy atom. The van der Waals surface area contributed by atoms with Crippen LogP contribution in [0.4, 0.5) is 11.4 Å². The Morgan fingerprint density at radius 3 is 2.08 bits per heavy atom. The van der Waals surface area contributed by atoms with E-state index in [1.165, 1.54) is 11.1 Å². The lowest BCUT2D eigenvalue weighted by molar-refractivity contribution is 0.248. The van der Waals surface area contributed by atoms with Gasteiger partial charge in [-0.15, -0.1) is 0 Å². The van der Waals surface area contributed by atoms with Gasteiger partial charge in [-0.2, -0.15) is 0 Å². The lowest BCUT2D eigenvalue weighted by atomic mass is 10.1. The zero-order chi connectivity index (χ0) is 17.5. The maximum Gasteiger partial charge on any atom is 0.142 e. The standard InChI is InChI=1S/C21H22N2O2/c22-18-9-12-21(20(23)15-18)25-14-4-13-24-19-10-7-17(8-11-19)16-5-2-1-3-6-16/h1-3,5-12,15H,4,13-14,22-23H2. The van der Waals surface area contributed by atoms with Crippen LogP contribution < -0.4 is 20.9 Å². The fraction of sp³-hybridized carbons (Fsp3) is 0.143. The molecule has 0 saturated carbocycles. The second kappa shape index (κ2) is 8.11. The molecule has 0 spiro atoms. The van der Waals surface area contributed by atoms with Crippen LogP contribution in [-0.2, 0) is 0 Å². The fourth-order valence-electron chi connectivity index (χ4n) is 2.50. The Bertz CT molecular complexity index is 802. The van der Waals surface area contributed by atoms with Crippen LogP contribution in [0.3, 0.4) is 0 Å². The molecule has 4 heteroatoms. The Morgan fingerprint density at radius 1 is 0.680 bits per heavy atom. The van der Waals surface area contributed by atoms with Crippen molar-refractivity contribution in [1.82, 2.24) is 0 Å². The Hall–Kier alpha value is -3.14. The minimum absolute atomic E-state index is 0.538. The van der Waals surface area contributed by atoms with Crippen LogP contribution in [0, 0.1) is 0 Å². The van der Waals surface area contributed by atoms with Gasteiger partial charge in [-0.05, 0) is 41.5 Å². The summed E-state index contributed by atoms with van der Waals surface area (Å²) in [5.41, 5.74) is 15.1. The zero-order valence-electron chi connectivity index (χ0n) is 14.0. The molecule has 0 saturated heterocycles. The van der Waals surface area contributed by atoms with E-state index in [0.29, 0.717) is 30.3 Å². The zero-order valence-corrected chi connectivity index (χ0v) is 14.0. The molecule has 0 aromatic heterocycles. The van der Waals surface area contributed by atoms with Gasteiger partial charge in [0.2, 0.25) is 0 Å². The summed E-state index contributed by atoms with van der Waals surface area (Å²) >= 11 is 0. The molecule has 0 amide bonds. The first-order valence-corrected chi connectivity index (χ1v) is 8.28. The van der Waals surface area contributed by atoms with E-state index in [1.807, 2.05) is 30.3 Å². The largest absolute Gasteiger partial charge is 0.493 e. The summed E-state index contributed by atoms with van der Waals surface area (Å²) in [5.74, 6) is 1.51. The van der Waals surface area contributed by atoms with Crippen molar-refractivity contribution >= 4 is 11.4 Å². The van der Waals surface area contributed by atoms with Gasteiger partial charge in [-0.1, -0.05) is 42.5 Å². The number of hydrogen-bond acceptors (Lipinski definition) is 4. The molecule has 3 rings (SSSR count). The normalized spacial score (nSPS) is 10.4. The van der Waals surface area contributed by atoms with Crippen molar-refractivity contribution in [3.8, 4) is 22.6 Å². The molecule has 0 fully saturated rings. The molecule has 4 nitrogen and oxygen atoms in total. The first kappa shape index (κ1) is 16.7. The number of ether oxygens (including phenoxy) is 2. The smallest absolute Gasteiger partial charge is 0.142 e. The number of benzene rings is 3. The number of hydrogen-bond donors (Lipinski definition) is 2. The predicted octanol–water partition coefficient (Wildman–Crippen LogP) is 4.37. The molecule has 0 aliphatic rings. The monoisotopic (exact) mass is 334 g/mol. The van der Waals surface area contributed by atoms with E-state index in [2.05, 4.69) is 24.3 Å². The molecule has 3 aromatic carbocycles. The van der Waals surface area contributed by atoms with E-state index in [0.717, 1.165) is 12.2 Å². The van der Waals surface area contributed by atoms with Crippen molar-refractivity contribution in [2.75, 3.05) is 24.7 Å². The highest BCUT2D eigenvalue weighted by Crippen LogP contribution is 2.24. The summed E-state index contributed by atoms with van der Waals surface area (Å²) in [5, 5.41) is 0. The second-order valence-electron chi connectivity index (χ2n) is 5.74. The van der Waals surface area contributed by atoms with Gasteiger partial charge in [0.15, 0.2) is 0 Å². The molecule has 4 N–H and O–H groups in total. The van der Waals surface area contributed by atoms with Gasteiger partial charge in [0, 0.05) is 12.1 Å². The van der Waals surface area contributed by atoms with Crippen LogP contribution in [0.25, 0.3) is 11.1 Å². The number of nitrogen functional groups attached to an aromatic ring is 2. The minimum Gasteiger partial charge on any atom is -0.493 e. The highest BCUT2D eigenvalue weighted by atomic mass is 16.5. The average Bonchev–Trinajstić information content (AvgIpc) is 2.64. The quantitative estimate of drug-likeness (QED) is 0.497. The van der Waals surface area contributed by atoms with Crippen molar-refractivity contribution in [1.29, 1.82) is 0 Å². The lowest BCUT2D eigenvalue weighted by Crippen LogP contribution is -2.06. The van der Waals surface area contributed by atoms with E-state index in [-0.39, 0.29) is 0 Å². The fourth-order valence-corrected chi connectivity index (χ4v) is 2.50. The van der Waals surface area contributed by atoms with Gasteiger partial charge < -0.3 is 20.9 Å². The van der Waals surface area contributed by atoms with Crippen molar-refractivity contribution in [3.63, 3.8) is 0 Å². The highest BCUT2D eigenvalue weighted by molar-refractivity contribution is 5.64. The van der Waals surface area contributed by atoms with Crippen molar-refractivity contribution in [2.24, 2.45) is 0 Å².